The molecule has 2 heterocycles. The highest BCUT2D eigenvalue weighted by atomic mass is 16.2. The number of benzene rings is 2. The Bertz CT molecular complexity index is 1020. The molecule has 1 aliphatic heterocycles. The zero-order valence-electron chi connectivity index (χ0n) is 16.8. The summed E-state index contributed by atoms with van der Waals surface area (Å²) in [7, 11) is 0. The molecule has 6 heteroatoms. The smallest absolute Gasteiger partial charge is 0.225 e. The minimum Gasteiger partial charge on any atom is -0.352 e. The van der Waals surface area contributed by atoms with Crippen molar-refractivity contribution in [2.24, 2.45) is 5.92 Å². The molecule has 1 aliphatic rings. The molecule has 0 radical (unpaired) electrons. The maximum absolute atomic E-state index is 12.4. The van der Waals surface area contributed by atoms with E-state index in [1.54, 1.807) is 4.90 Å². The Labute approximate surface area is 170 Å². The summed E-state index contributed by atoms with van der Waals surface area (Å²) >= 11 is 0. The molecule has 1 saturated heterocycles. The molecule has 0 saturated carbocycles. The Balaban J connectivity index is 1.33. The van der Waals surface area contributed by atoms with E-state index >= 15 is 0 Å². The van der Waals surface area contributed by atoms with Crippen LogP contribution in [0.5, 0.6) is 0 Å². The molecule has 0 spiro atoms. The van der Waals surface area contributed by atoms with Crippen LogP contribution in [0.2, 0.25) is 0 Å². The molecule has 0 bridgehead atoms. The van der Waals surface area contributed by atoms with E-state index in [9.17, 15) is 9.59 Å². The van der Waals surface area contributed by atoms with Gasteiger partial charge in [0.25, 0.3) is 0 Å². The van der Waals surface area contributed by atoms with Crippen molar-refractivity contribution in [3.63, 3.8) is 0 Å². The molecule has 1 N–H and O–H groups in total. The van der Waals surface area contributed by atoms with Crippen molar-refractivity contribution in [2.45, 2.75) is 39.4 Å². The normalized spacial score (nSPS) is 16.7. The predicted molar refractivity (Wildman–Crippen MR) is 112 cm³/mol. The Morgan fingerprint density at radius 1 is 1.14 bits per heavy atom. The lowest BCUT2D eigenvalue weighted by Gasteiger charge is -2.20. The number of carbonyl (C=O) groups excluding carboxylic acids is 2. The van der Waals surface area contributed by atoms with Gasteiger partial charge in [-0.2, -0.15) is 0 Å². The SMILES string of the molecule is CC(C)N1CC(C(=O)NCc2ccc(Cn3cnc4ccccc43)cc2)CC1=O. The molecular weight excluding hydrogens is 364 g/mol. The van der Waals surface area contributed by atoms with Gasteiger partial charge < -0.3 is 14.8 Å². The number of para-hydroxylation sites is 2. The van der Waals surface area contributed by atoms with Crippen molar-refractivity contribution >= 4 is 22.8 Å². The molecule has 2 amide bonds. The average molecular weight is 390 g/mol. The standard InChI is InChI=1S/C23H26N4O2/c1-16(2)27-14-19(11-22(27)28)23(29)24-12-17-7-9-18(10-8-17)13-26-15-25-20-5-3-4-6-21(20)26/h3-10,15-16,19H,11-14H2,1-2H3,(H,24,29). The molecule has 2 aromatic carbocycles. The molecule has 1 fully saturated rings. The van der Waals surface area contributed by atoms with Crippen molar-refractivity contribution in [2.75, 3.05) is 6.54 Å². The zero-order valence-corrected chi connectivity index (χ0v) is 16.8. The van der Waals surface area contributed by atoms with Crippen LogP contribution in [0.15, 0.2) is 54.9 Å². The first-order valence-electron chi connectivity index (χ1n) is 10.1. The van der Waals surface area contributed by atoms with Gasteiger partial charge in [0.05, 0.1) is 23.3 Å². The van der Waals surface area contributed by atoms with Gasteiger partial charge in [-0.1, -0.05) is 36.4 Å². The third-order valence-corrected chi connectivity index (χ3v) is 5.52. The van der Waals surface area contributed by atoms with E-state index in [1.165, 1.54) is 5.56 Å². The fraction of sp³-hybridized carbons (Fsp3) is 0.348. The van der Waals surface area contributed by atoms with Crippen molar-refractivity contribution in [3.05, 3.63) is 66.0 Å². The van der Waals surface area contributed by atoms with Gasteiger partial charge in [-0.15, -0.1) is 0 Å². The maximum atomic E-state index is 12.4. The number of likely N-dealkylation sites (tertiary alicyclic amines) is 1. The first-order valence-corrected chi connectivity index (χ1v) is 10.1. The van der Waals surface area contributed by atoms with Crippen molar-refractivity contribution < 1.29 is 9.59 Å². The number of rotatable bonds is 6. The quantitative estimate of drug-likeness (QED) is 0.704. The molecule has 6 nitrogen and oxygen atoms in total. The summed E-state index contributed by atoms with van der Waals surface area (Å²) in [6.07, 6.45) is 2.17. The zero-order chi connectivity index (χ0) is 20.4. The average Bonchev–Trinajstić information content (AvgIpc) is 3.31. The fourth-order valence-corrected chi connectivity index (χ4v) is 3.84. The van der Waals surface area contributed by atoms with Crippen LogP contribution in [0.25, 0.3) is 11.0 Å². The molecule has 3 aromatic rings. The van der Waals surface area contributed by atoms with E-state index in [0.717, 1.165) is 23.1 Å². The number of nitrogens with zero attached hydrogens (tertiary/aromatic N) is 3. The van der Waals surface area contributed by atoms with Crippen LogP contribution in [-0.2, 0) is 22.7 Å². The van der Waals surface area contributed by atoms with E-state index in [1.807, 2.05) is 50.5 Å². The van der Waals surface area contributed by atoms with E-state index in [4.69, 9.17) is 0 Å². The lowest BCUT2D eigenvalue weighted by Crippen LogP contribution is -2.35. The number of imidazole rings is 1. The van der Waals surface area contributed by atoms with Crippen molar-refractivity contribution in [1.29, 1.82) is 0 Å². The van der Waals surface area contributed by atoms with Gasteiger partial charge >= 0.3 is 0 Å². The summed E-state index contributed by atoms with van der Waals surface area (Å²) in [6, 6.07) is 16.5. The number of aromatic nitrogens is 2. The molecular formula is C23H26N4O2. The second-order valence-electron chi connectivity index (χ2n) is 7.94. The monoisotopic (exact) mass is 390 g/mol. The summed E-state index contributed by atoms with van der Waals surface area (Å²) in [5, 5.41) is 2.98. The van der Waals surface area contributed by atoms with Crippen LogP contribution in [-0.4, -0.2) is 38.9 Å². The maximum Gasteiger partial charge on any atom is 0.225 e. The van der Waals surface area contributed by atoms with Crippen LogP contribution in [0.4, 0.5) is 0 Å². The number of carbonyl (C=O) groups is 2. The Kier molecular flexibility index (Phi) is 5.34. The number of nitrogens with one attached hydrogen (secondary N) is 1. The second-order valence-corrected chi connectivity index (χ2v) is 7.94. The number of hydrogen-bond donors (Lipinski definition) is 1. The second kappa shape index (κ2) is 8.07. The van der Waals surface area contributed by atoms with Crippen molar-refractivity contribution in [1.82, 2.24) is 19.8 Å². The molecule has 1 aromatic heterocycles. The molecule has 29 heavy (non-hydrogen) atoms. The van der Waals surface area contributed by atoms with Crippen LogP contribution >= 0.6 is 0 Å². The summed E-state index contributed by atoms with van der Waals surface area (Å²) in [5.41, 5.74) is 4.33. The third kappa shape index (κ3) is 4.16. The van der Waals surface area contributed by atoms with Gasteiger partial charge in [-0.25, -0.2) is 4.98 Å². The lowest BCUT2D eigenvalue weighted by atomic mass is 10.1. The van der Waals surface area contributed by atoms with Crippen LogP contribution in [0.3, 0.4) is 0 Å². The largest absolute Gasteiger partial charge is 0.352 e. The van der Waals surface area contributed by atoms with E-state index in [-0.39, 0.29) is 23.8 Å². The fourth-order valence-electron chi connectivity index (χ4n) is 3.84. The highest BCUT2D eigenvalue weighted by Gasteiger charge is 2.35. The van der Waals surface area contributed by atoms with Crippen LogP contribution < -0.4 is 5.32 Å². The topological polar surface area (TPSA) is 67.2 Å². The van der Waals surface area contributed by atoms with Gasteiger partial charge in [-0.05, 0) is 37.1 Å². The highest BCUT2D eigenvalue weighted by molar-refractivity contribution is 5.89. The van der Waals surface area contributed by atoms with Gasteiger partial charge in [0.2, 0.25) is 11.8 Å². The number of hydrogen-bond acceptors (Lipinski definition) is 3. The summed E-state index contributed by atoms with van der Waals surface area (Å²) in [5.74, 6) is -0.231. The summed E-state index contributed by atoms with van der Waals surface area (Å²) in [4.78, 5) is 30.6. The van der Waals surface area contributed by atoms with Gasteiger partial charge in [0, 0.05) is 32.1 Å². The van der Waals surface area contributed by atoms with E-state index < -0.39 is 0 Å². The molecule has 1 atom stereocenters. The van der Waals surface area contributed by atoms with Crippen molar-refractivity contribution in [3.8, 4) is 0 Å². The Morgan fingerprint density at radius 3 is 2.59 bits per heavy atom. The minimum absolute atomic E-state index is 0.0459. The molecule has 4 rings (SSSR count). The molecule has 1 unspecified atom stereocenters. The number of fused-ring (bicyclic) bond motifs is 1. The minimum atomic E-state index is -0.251. The number of amides is 2. The third-order valence-electron chi connectivity index (χ3n) is 5.52. The first-order chi connectivity index (χ1) is 14.0. The van der Waals surface area contributed by atoms with Gasteiger partial charge in [-0.3, -0.25) is 9.59 Å². The lowest BCUT2D eigenvalue weighted by molar-refractivity contribution is -0.129. The first kappa shape index (κ1) is 19.2. The van der Waals surface area contributed by atoms with Crippen LogP contribution in [0, 0.1) is 5.92 Å². The van der Waals surface area contributed by atoms with Crippen LogP contribution in [0.1, 0.15) is 31.4 Å². The van der Waals surface area contributed by atoms with Gasteiger partial charge in [0.1, 0.15) is 0 Å². The highest BCUT2D eigenvalue weighted by Crippen LogP contribution is 2.20. The van der Waals surface area contributed by atoms with E-state index in [2.05, 4.69) is 33.1 Å². The summed E-state index contributed by atoms with van der Waals surface area (Å²) < 4.78 is 2.13. The molecule has 150 valence electrons. The molecule has 0 aliphatic carbocycles. The van der Waals surface area contributed by atoms with E-state index in [0.29, 0.717) is 19.5 Å². The van der Waals surface area contributed by atoms with Gasteiger partial charge in [0.15, 0.2) is 0 Å². The predicted octanol–water partition coefficient (Wildman–Crippen LogP) is 2.96. The summed E-state index contributed by atoms with van der Waals surface area (Å²) in [6.45, 7) is 5.70. The Hall–Kier alpha value is -3.15. The Morgan fingerprint density at radius 2 is 1.86 bits per heavy atom.